The van der Waals surface area contributed by atoms with Gasteiger partial charge in [-0.25, -0.2) is 4.98 Å². The molecule has 3 aliphatic rings. The Balaban J connectivity index is 1.34. The Labute approximate surface area is 199 Å². The Bertz CT molecular complexity index is 1080. The lowest BCUT2D eigenvalue weighted by Gasteiger charge is -2.26. The molecule has 2 fully saturated rings. The molecule has 2 atom stereocenters. The molecule has 10 nitrogen and oxygen atoms in total. The van der Waals surface area contributed by atoms with E-state index in [1.807, 2.05) is 11.0 Å². The number of rotatable bonds is 6. The highest BCUT2D eigenvalue weighted by atomic mass is 16.2. The number of fused-ring (bicyclic) bond motifs is 1. The molecular formula is C24H34N8O2. The van der Waals surface area contributed by atoms with Crippen LogP contribution in [0.15, 0.2) is 6.07 Å². The lowest BCUT2D eigenvalue weighted by atomic mass is 10.1. The number of anilines is 3. The minimum atomic E-state index is -0.295. The first-order valence-corrected chi connectivity index (χ1v) is 12.4. The number of hydrogen-bond donors (Lipinski definition) is 3. The van der Waals surface area contributed by atoms with Crippen LogP contribution >= 0.6 is 0 Å². The number of aromatic amines is 1. The minimum absolute atomic E-state index is 0.000358. The maximum Gasteiger partial charge on any atom is 0.243 e. The van der Waals surface area contributed by atoms with E-state index in [1.54, 1.807) is 11.8 Å². The van der Waals surface area contributed by atoms with E-state index in [4.69, 9.17) is 9.97 Å². The van der Waals surface area contributed by atoms with Gasteiger partial charge in [0.1, 0.15) is 11.9 Å². The highest BCUT2D eigenvalue weighted by Crippen LogP contribution is 2.32. The van der Waals surface area contributed by atoms with Crippen LogP contribution in [0, 0.1) is 0 Å². The molecule has 0 saturated carbocycles. The van der Waals surface area contributed by atoms with E-state index in [0.717, 1.165) is 73.7 Å². The number of aryl methyl sites for hydroxylation is 1. The summed E-state index contributed by atoms with van der Waals surface area (Å²) in [6, 6.07) is 1.73. The number of H-pyrrole nitrogens is 1. The number of hydrogen-bond acceptors (Lipinski definition) is 7. The van der Waals surface area contributed by atoms with Crippen molar-refractivity contribution in [2.75, 3.05) is 29.9 Å². The Morgan fingerprint density at radius 3 is 2.74 bits per heavy atom. The fourth-order valence-corrected chi connectivity index (χ4v) is 5.21. The van der Waals surface area contributed by atoms with Crippen molar-refractivity contribution in [1.82, 2.24) is 30.4 Å². The van der Waals surface area contributed by atoms with Crippen LogP contribution in [-0.4, -0.2) is 68.6 Å². The van der Waals surface area contributed by atoms with E-state index in [1.165, 1.54) is 0 Å². The molecule has 0 bridgehead atoms. The lowest BCUT2D eigenvalue weighted by Crippen LogP contribution is -2.48. The molecule has 1 unspecified atom stereocenters. The van der Waals surface area contributed by atoms with E-state index in [-0.39, 0.29) is 23.9 Å². The van der Waals surface area contributed by atoms with Crippen LogP contribution in [0.1, 0.15) is 69.3 Å². The molecule has 10 heteroatoms. The smallest absolute Gasteiger partial charge is 0.243 e. The Morgan fingerprint density at radius 1 is 1.15 bits per heavy atom. The summed E-state index contributed by atoms with van der Waals surface area (Å²) in [7, 11) is 0. The predicted molar refractivity (Wildman–Crippen MR) is 129 cm³/mol. The largest absolute Gasteiger partial charge is 0.350 e. The fraction of sp³-hybridized carbons (Fsp3) is 0.625. The van der Waals surface area contributed by atoms with Crippen molar-refractivity contribution in [3.63, 3.8) is 0 Å². The van der Waals surface area contributed by atoms with Crippen LogP contribution in [0.25, 0.3) is 0 Å². The van der Waals surface area contributed by atoms with E-state index in [0.29, 0.717) is 25.0 Å². The molecule has 3 N–H and O–H groups in total. The SMILES string of the molecule is CC(=O)N1CCC(NC(=O)[C@@H]2CCCN2c2nc3c(c(Nc4cc(C(C)C)[nH]n4)n2)CCC3)C1. The molecule has 1 aliphatic carbocycles. The highest BCUT2D eigenvalue weighted by Gasteiger charge is 2.36. The molecule has 2 amide bonds. The third-order valence-corrected chi connectivity index (χ3v) is 7.18. The number of amides is 2. The zero-order chi connectivity index (χ0) is 23.8. The topological polar surface area (TPSA) is 119 Å². The maximum atomic E-state index is 13.2. The van der Waals surface area contributed by atoms with Crippen molar-refractivity contribution < 1.29 is 9.59 Å². The average molecular weight is 467 g/mol. The molecule has 0 aromatic carbocycles. The number of aromatic nitrogens is 4. The number of likely N-dealkylation sites (tertiary alicyclic amines) is 1. The molecule has 5 rings (SSSR count). The molecule has 182 valence electrons. The molecule has 2 aliphatic heterocycles. The fourth-order valence-electron chi connectivity index (χ4n) is 5.21. The summed E-state index contributed by atoms with van der Waals surface area (Å²) >= 11 is 0. The third-order valence-electron chi connectivity index (χ3n) is 7.18. The number of nitrogens with one attached hydrogen (secondary N) is 3. The summed E-state index contributed by atoms with van der Waals surface area (Å²) in [6.07, 6.45) is 5.41. The van der Waals surface area contributed by atoms with Crippen LogP contribution in [-0.2, 0) is 22.4 Å². The second-order valence-electron chi connectivity index (χ2n) is 9.95. The molecule has 2 aromatic rings. The van der Waals surface area contributed by atoms with E-state index < -0.39 is 0 Å². The van der Waals surface area contributed by atoms with Crippen molar-refractivity contribution in [2.45, 2.75) is 77.3 Å². The van der Waals surface area contributed by atoms with Crippen LogP contribution < -0.4 is 15.5 Å². The van der Waals surface area contributed by atoms with Gasteiger partial charge in [-0.1, -0.05) is 13.8 Å². The zero-order valence-corrected chi connectivity index (χ0v) is 20.2. The number of carbonyl (C=O) groups excluding carboxylic acids is 2. The molecular weight excluding hydrogens is 432 g/mol. The van der Waals surface area contributed by atoms with Gasteiger partial charge in [0.05, 0.1) is 5.69 Å². The second-order valence-corrected chi connectivity index (χ2v) is 9.95. The molecule has 0 spiro atoms. The Hall–Kier alpha value is -3.17. The summed E-state index contributed by atoms with van der Waals surface area (Å²) in [5, 5.41) is 14.1. The van der Waals surface area contributed by atoms with Crippen LogP contribution in [0.4, 0.5) is 17.6 Å². The van der Waals surface area contributed by atoms with Gasteiger partial charge in [0, 0.05) is 49.9 Å². The monoisotopic (exact) mass is 466 g/mol. The normalized spacial score (nSPS) is 21.9. The zero-order valence-electron chi connectivity index (χ0n) is 20.2. The second kappa shape index (κ2) is 9.23. The molecule has 2 aromatic heterocycles. The Morgan fingerprint density at radius 2 is 2.00 bits per heavy atom. The summed E-state index contributed by atoms with van der Waals surface area (Å²) < 4.78 is 0. The van der Waals surface area contributed by atoms with Crippen molar-refractivity contribution in [3.8, 4) is 0 Å². The molecule has 34 heavy (non-hydrogen) atoms. The summed E-state index contributed by atoms with van der Waals surface area (Å²) in [5.41, 5.74) is 3.28. The first kappa shape index (κ1) is 22.6. The van der Waals surface area contributed by atoms with Crippen LogP contribution in [0.2, 0.25) is 0 Å². The minimum Gasteiger partial charge on any atom is -0.350 e. The van der Waals surface area contributed by atoms with E-state index >= 15 is 0 Å². The predicted octanol–water partition coefficient (Wildman–Crippen LogP) is 2.26. The number of carbonyl (C=O) groups is 2. The quantitative estimate of drug-likeness (QED) is 0.597. The third kappa shape index (κ3) is 4.45. The standard InChI is InChI=1S/C24H34N8O2/c1-14(2)19-12-21(30-29-19)27-22-17-6-4-7-18(17)26-24(28-22)32-10-5-8-20(32)23(34)25-16-9-11-31(13-16)15(3)33/h12,14,16,20H,4-11,13H2,1-3H3,(H,25,34)(H2,26,27,28,29,30)/t16?,20-/m0/s1. The van der Waals surface area contributed by atoms with Crippen molar-refractivity contribution in [2.24, 2.45) is 0 Å². The van der Waals surface area contributed by atoms with Gasteiger partial charge in [-0.15, -0.1) is 0 Å². The van der Waals surface area contributed by atoms with Crippen LogP contribution in [0.3, 0.4) is 0 Å². The summed E-state index contributed by atoms with van der Waals surface area (Å²) in [5.74, 6) is 2.56. The first-order valence-electron chi connectivity index (χ1n) is 12.4. The van der Waals surface area contributed by atoms with Gasteiger partial charge in [-0.05, 0) is 44.4 Å². The summed E-state index contributed by atoms with van der Waals surface area (Å²) in [4.78, 5) is 38.4. The number of nitrogens with zero attached hydrogens (tertiary/aromatic N) is 5. The van der Waals surface area contributed by atoms with E-state index in [9.17, 15) is 9.59 Å². The average Bonchev–Trinajstić information content (AvgIpc) is 3.59. The van der Waals surface area contributed by atoms with Gasteiger partial charge in [0.15, 0.2) is 5.82 Å². The Kier molecular flexibility index (Phi) is 6.14. The first-order chi connectivity index (χ1) is 16.4. The maximum absolute atomic E-state index is 13.2. The highest BCUT2D eigenvalue weighted by molar-refractivity contribution is 5.86. The molecule has 0 radical (unpaired) electrons. The molecule has 2 saturated heterocycles. The van der Waals surface area contributed by atoms with Crippen molar-refractivity contribution >= 4 is 29.4 Å². The van der Waals surface area contributed by atoms with Crippen molar-refractivity contribution in [3.05, 3.63) is 23.0 Å². The summed E-state index contributed by atoms with van der Waals surface area (Å²) in [6.45, 7) is 7.86. The molecule has 4 heterocycles. The van der Waals surface area contributed by atoms with Gasteiger partial charge >= 0.3 is 0 Å². The van der Waals surface area contributed by atoms with Gasteiger partial charge in [-0.3, -0.25) is 14.7 Å². The van der Waals surface area contributed by atoms with Gasteiger partial charge in [0.25, 0.3) is 0 Å². The van der Waals surface area contributed by atoms with Gasteiger partial charge in [-0.2, -0.15) is 10.1 Å². The van der Waals surface area contributed by atoms with Crippen molar-refractivity contribution in [1.29, 1.82) is 0 Å². The lowest BCUT2D eigenvalue weighted by molar-refractivity contribution is -0.128. The van der Waals surface area contributed by atoms with E-state index in [2.05, 4.69) is 34.7 Å². The van der Waals surface area contributed by atoms with Gasteiger partial charge in [0.2, 0.25) is 17.8 Å². The van der Waals surface area contributed by atoms with Crippen LogP contribution in [0.5, 0.6) is 0 Å². The van der Waals surface area contributed by atoms with Gasteiger partial charge < -0.3 is 20.4 Å².